The Morgan fingerprint density at radius 2 is 1.94 bits per heavy atom. The first-order chi connectivity index (χ1) is 8.86. The van der Waals surface area contributed by atoms with E-state index in [2.05, 4.69) is 6.07 Å². The van der Waals surface area contributed by atoms with E-state index < -0.39 is 0 Å². The Morgan fingerprint density at radius 1 is 1.06 bits per heavy atom. The van der Waals surface area contributed by atoms with E-state index in [0.717, 1.165) is 42.6 Å². The summed E-state index contributed by atoms with van der Waals surface area (Å²) in [7, 11) is 0. The van der Waals surface area contributed by atoms with Gasteiger partial charge < -0.3 is 4.74 Å². The summed E-state index contributed by atoms with van der Waals surface area (Å²) in [5.74, 6) is 0.997. The molecule has 1 aliphatic heterocycles. The fraction of sp³-hybridized carbons (Fsp3) is 0.188. The van der Waals surface area contributed by atoms with E-state index in [4.69, 9.17) is 4.74 Å². The number of rotatable bonds is 2. The predicted molar refractivity (Wildman–Crippen MR) is 71.1 cm³/mol. The van der Waals surface area contributed by atoms with Crippen LogP contribution in [0.1, 0.15) is 22.3 Å². The summed E-state index contributed by atoms with van der Waals surface area (Å²) in [6, 6.07) is 13.9. The van der Waals surface area contributed by atoms with Crippen LogP contribution in [0.5, 0.6) is 5.75 Å². The van der Waals surface area contributed by atoms with Gasteiger partial charge in [-0.3, -0.25) is 4.79 Å². The minimum Gasteiger partial charge on any atom is -0.493 e. The number of hydrogen-bond acceptors (Lipinski definition) is 2. The van der Waals surface area contributed by atoms with Crippen LogP contribution in [0, 0.1) is 0 Å². The van der Waals surface area contributed by atoms with E-state index >= 15 is 0 Å². The largest absolute Gasteiger partial charge is 0.493 e. The Labute approximate surface area is 106 Å². The normalized spacial score (nSPS) is 13.6. The molecule has 0 amide bonds. The lowest BCUT2D eigenvalue weighted by Gasteiger charge is -2.18. The van der Waals surface area contributed by atoms with Gasteiger partial charge in [0.1, 0.15) is 12.0 Å². The van der Waals surface area contributed by atoms with Gasteiger partial charge in [0.15, 0.2) is 0 Å². The van der Waals surface area contributed by atoms with E-state index in [1.165, 1.54) is 5.56 Å². The van der Waals surface area contributed by atoms with Gasteiger partial charge in [0.2, 0.25) is 0 Å². The van der Waals surface area contributed by atoms with Crippen LogP contribution in [-0.2, 0) is 6.42 Å². The summed E-state index contributed by atoms with van der Waals surface area (Å²) in [6.07, 6.45) is 3.02. The predicted octanol–water partition coefficient (Wildman–Crippen LogP) is 3.49. The molecule has 0 aromatic heterocycles. The van der Waals surface area contributed by atoms with Crippen molar-refractivity contribution in [2.45, 2.75) is 12.8 Å². The summed E-state index contributed by atoms with van der Waals surface area (Å²) < 4.78 is 5.60. The Hall–Kier alpha value is -2.09. The zero-order chi connectivity index (χ0) is 12.4. The third kappa shape index (κ3) is 2.02. The molecule has 18 heavy (non-hydrogen) atoms. The Kier molecular flexibility index (Phi) is 2.85. The SMILES string of the molecule is O=Cc1cccc(-c2ccc3c(c2)CCCO3)c1. The van der Waals surface area contributed by atoms with Crippen LogP contribution in [0.15, 0.2) is 42.5 Å². The number of aryl methyl sites for hydroxylation is 1. The second-order valence-corrected chi connectivity index (χ2v) is 4.52. The van der Waals surface area contributed by atoms with Crippen molar-refractivity contribution in [2.24, 2.45) is 0 Å². The van der Waals surface area contributed by atoms with Crippen LogP contribution >= 0.6 is 0 Å². The van der Waals surface area contributed by atoms with Crippen LogP contribution in [-0.4, -0.2) is 12.9 Å². The number of fused-ring (bicyclic) bond motifs is 1. The van der Waals surface area contributed by atoms with Crippen LogP contribution in [0.4, 0.5) is 0 Å². The second kappa shape index (κ2) is 4.65. The van der Waals surface area contributed by atoms with Crippen molar-refractivity contribution in [1.29, 1.82) is 0 Å². The molecule has 0 fully saturated rings. The topological polar surface area (TPSA) is 26.3 Å². The van der Waals surface area contributed by atoms with Gasteiger partial charge in [-0.2, -0.15) is 0 Å². The first-order valence-electron chi connectivity index (χ1n) is 6.18. The highest BCUT2D eigenvalue weighted by atomic mass is 16.5. The molecule has 1 heterocycles. The lowest BCUT2D eigenvalue weighted by atomic mass is 9.98. The smallest absolute Gasteiger partial charge is 0.150 e. The highest BCUT2D eigenvalue weighted by Crippen LogP contribution is 2.30. The molecular weight excluding hydrogens is 224 g/mol. The molecule has 3 rings (SSSR count). The Bertz CT molecular complexity index is 587. The number of benzene rings is 2. The van der Waals surface area contributed by atoms with Gasteiger partial charge in [-0.05, 0) is 47.7 Å². The van der Waals surface area contributed by atoms with Gasteiger partial charge in [0.05, 0.1) is 6.61 Å². The molecule has 0 spiro atoms. The summed E-state index contributed by atoms with van der Waals surface area (Å²) in [4.78, 5) is 10.8. The van der Waals surface area contributed by atoms with Crippen molar-refractivity contribution in [3.8, 4) is 16.9 Å². The molecule has 2 aromatic carbocycles. The van der Waals surface area contributed by atoms with Gasteiger partial charge in [0.25, 0.3) is 0 Å². The maximum atomic E-state index is 10.8. The van der Waals surface area contributed by atoms with E-state index in [1.807, 2.05) is 36.4 Å². The lowest BCUT2D eigenvalue weighted by molar-refractivity contribution is 0.112. The van der Waals surface area contributed by atoms with Crippen molar-refractivity contribution >= 4 is 6.29 Å². The summed E-state index contributed by atoms with van der Waals surface area (Å²) in [6.45, 7) is 0.812. The molecule has 2 nitrogen and oxygen atoms in total. The van der Waals surface area contributed by atoms with Crippen LogP contribution in [0.2, 0.25) is 0 Å². The van der Waals surface area contributed by atoms with E-state index in [0.29, 0.717) is 5.56 Å². The highest BCUT2D eigenvalue weighted by Gasteiger charge is 2.11. The van der Waals surface area contributed by atoms with Gasteiger partial charge in [-0.15, -0.1) is 0 Å². The van der Waals surface area contributed by atoms with Crippen LogP contribution in [0.3, 0.4) is 0 Å². The number of hydrogen-bond donors (Lipinski definition) is 0. The molecule has 2 heteroatoms. The molecule has 0 atom stereocenters. The number of ether oxygens (including phenoxy) is 1. The Balaban J connectivity index is 2.03. The molecule has 1 aliphatic rings. The van der Waals surface area contributed by atoms with Gasteiger partial charge >= 0.3 is 0 Å². The minimum atomic E-state index is 0.710. The molecule has 0 saturated heterocycles. The van der Waals surface area contributed by atoms with Crippen molar-refractivity contribution in [3.05, 3.63) is 53.6 Å². The Morgan fingerprint density at radius 3 is 2.83 bits per heavy atom. The fourth-order valence-electron chi connectivity index (χ4n) is 2.33. The van der Waals surface area contributed by atoms with E-state index in [1.54, 1.807) is 0 Å². The molecule has 0 aliphatic carbocycles. The van der Waals surface area contributed by atoms with E-state index in [-0.39, 0.29) is 0 Å². The third-order valence-electron chi connectivity index (χ3n) is 3.26. The highest BCUT2D eigenvalue weighted by molar-refractivity contribution is 5.79. The molecule has 0 saturated carbocycles. The molecule has 0 bridgehead atoms. The molecule has 0 unspecified atom stereocenters. The van der Waals surface area contributed by atoms with Crippen LogP contribution < -0.4 is 4.74 Å². The average Bonchev–Trinajstić information content (AvgIpc) is 2.47. The van der Waals surface area contributed by atoms with Crippen molar-refractivity contribution in [3.63, 3.8) is 0 Å². The molecule has 0 N–H and O–H groups in total. The quantitative estimate of drug-likeness (QED) is 0.748. The molecular formula is C16H14O2. The van der Waals surface area contributed by atoms with E-state index in [9.17, 15) is 4.79 Å². The summed E-state index contributed by atoms with van der Waals surface area (Å²) in [5, 5.41) is 0. The lowest BCUT2D eigenvalue weighted by Crippen LogP contribution is -2.07. The first kappa shape index (κ1) is 11.0. The maximum absolute atomic E-state index is 10.8. The molecule has 90 valence electrons. The van der Waals surface area contributed by atoms with Crippen molar-refractivity contribution in [2.75, 3.05) is 6.61 Å². The zero-order valence-corrected chi connectivity index (χ0v) is 10.1. The monoisotopic (exact) mass is 238 g/mol. The van der Waals surface area contributed by atoms with Gasteiger partial charge in [-0.1, -0.05) is 24.3 Å². The maximum Gasteiger partial charge on any atom is 0.150 e. The first-order valence-corrected chi connectivity index (χ1v) is 6.18. The van der Waals surface area contributed by atoms with Gasteiger partial charge in [-0.25, -0.2) is 0 Å². The van der Waals surface area contributed by atoms with Crippen molar-refractivity contribution < 1.29 is 9.53 Å². The standard InChI is InChI=1S/C16H14O2/c17-11-12-3-1-4-13(9-12)14-6-7-16-15(10-14)5-2-8-18-16/h1,3-4,6-7,9-11H,2,5,8H2. The third-order valence-corrected chi connectivity index (χ3v) is 3.26. The summed E-state index contributed by atoms with van der Waals surface area (Å²) in [5.41, 5.74) is 4.19. The average molecular weight is 238 g/mol. The van der Waals surface area contributed by atoms with Gasteiger partial charge in [0, 0.05) is 5.56 Å². The number of carbonyl (C=O) groups excluding carboxylic acids is 1. The number of aldehydes is 1. The minimum absolute atomic E-state index is 0.710. The zero-order valence-electron chi connectivity index (χ0n) is 10.1. The summed E-state index contributed by atoms with van der Waals surface area (Å²) >= 11 is 0. The van der Waals surface area contributed by atoms with Crippen molar-refractivity contribution in [1.82, 2.24) is 0 Å². The second-order valence-electron chi connectivity index (χ2n) is 4.52. The molecule has 2 aromatic rings. The van der Waals surface area contributed by atoms with Crippen LogP contribution in [0.25, 0.3) is 11.1 Å². The number of carbonyl (C=O) groups is 1. The molecule has 0 radical (unpaired) electrons. The fourth-order valence-corrected chi connectivity index (χ4v) is 2.33.